The number of piperidine rings is 1. The molecule has 1 amide bonds. The van der Waals surface area contributed by atoms with Crippen molar-refractivity contribution >= 4 is 12.1 Å². The molecular weight excluding hydrogens is 378 g/mol. The van der Waals surface area contributed by atoms with E-state index in [0.717, 1.165) is 12.8 Å². The molecule has 1 heterocycles. The molecule has 0 aromatic heterocycles. The second-order valence-electron chi connectivity index (χ2n) is 8.48. The van der Waals surface area contributed by atoms with Crippen LogP contribution < -0.4 is 0 Å². The number of carboxylic acid groups (broad SMARTS) is 1. The molecule has 0 radical (unpaired) electrons. The van der Waals surface area contributed by atoms with E-state index in [9.17, 15) is 14.7 Å². The molecule has 2 aromatic carbocycles. The van der Waals surface area contributed by atoms with Crippen molar-refractivity contribution in [2.45, 2.75) is 44.9 Å². The molecule has 0 saturated carbocycles. The smallest absolute Gasteiger partial charge is 0.409 e. The van der Waals surface area contributed by atoms with E-state index < -0.39 is 11.4 Å². The maximum atomic E-state index is 12.7. The number of benzene rings is 2. The van der Waals surface area contributed by atoms with Crippen LogP contribution in [0, 0.1) is 5.41 Å². The van der Waals surface area contributed by atoms with Crippen LogP contribution in [0.5, 0.6) is 0 Å². The first-order valence-electron chi connectivity index (χ1n) is 10.9. The second-order valence-corrected chi connectivity index (χ2v) is 8.48. The van der Waals surface area contributed by atoms with Crippen molar-refractivity contribution in [2.75, 3.05) is 19.7 Å². The molecule has 5 nitrogen and oxygen atoms in total. The van der Waals surface area contributed by atoms with Crippen molar-refractivity contribution in [3.05, 3.63) is 59.7 Å². The normalized spacial score (nSPS) is 17.3. The van der Waals surface area contributed by atoms with Gasteiger partial charge in [0.2, 0.25) is 0 Å². The summed E-state index contributed by atoms with van der Waals surface area (Å²) in [5, 5.41) is 9.74. The highest BCUT2D eigenvalue weighted by Crippen LogP contribution is 2.44. The zero-order valence-electron chi connectivity index (χ0n) is 17.5. The van der Waals surface area contributed by atoms with Gasteiger partial charge in [-0.25, -0.2) is 4.79 Å². The third kappa shape index (κ3) is 3.69. The molecule has 0 bridgehead atoms. The minimum Gasteiger partial charge on any atom is -0.481 e. The minimum absolute atomic E-state index is 0.0359. The molecule has 2 aromatic rings. The molecule has 5 heteroatoms. The highest BCUT2D eigenvalue weighted by Gasteiger charge is 2.42. The van der Waals surface area contributed by atoms with Gasteiger partial charge in [0.15, 0.2) is 0 Å². The van der Waals surface area contributed by atoms with E-state index in [1.165, 1.54) is 22.3 Å². The first kappa shape index (κ1) is 20.5. The fraction of sp³-hybridized carbons (Fsp3) is 0.440. The standard InChI is InChI=1S/C25H29NO4/c1-2-3-12-25(23(27)28)13-15-26(16-14-25)24(29)30-17-22-20-10-6-4-8-18(20)19-9-5-7-11-21(19)22/h4-11,22H,2-3,12-17H2,1H3,(H,27,28). The summed E-state index contributed by atoms with van der Waals surface area (Å²) < 4.78 is 5.73. The molecule has 1 fully saturated rings. The fourth-order valence-electron chi connectivity index (χ4n) is 4.89. The van der Waals surface area contributed by atoms with Crippen molar-refractivity contribution in [1.82, 2.24) is 4.90 Å². The molecule has 0 spiro atoms. The van der Waals surface area contributed by atoms with Gasteiger partial charge in [-0.2, -0.15) is 0 Å². The van der Waals surface area contributed by atoms with Gasteiger partial charge < -0.3 is 14.7 Å². The van der Waals surface area contributed by atoms with Gasteiger partial charge in [0.05, 0.1) is 5.41 Å². The van der Waals surface area contributed by atoms with Gasteiger partial charge >= 0.3 is 12.1 Å². The van der Waals surface area contributed by atoms with Gasteiger partial charge in [0.25, 0.3) is 0 Å². The van der Waals surface area contributed by atoms with E-state index in [0.29, 0.717) is 39.0 Å². The number of aliphatic carboxylic acids is 1. The Balaban J connectivity index is 1.40. The van der Waals surface area contributed by atoms with Crippen LogP contribution in [0.1, 0.15) is 56.1 Å². The Labute approximate surface area is 177 Å². The Morgan fingerprint density at radius 3 is 2.13 bits per heavy atom. The number of likely N-dealkylation sites (tertiary alicyclic amines) is 1. The molecule has 30 heavy (non-hydrogen) atoms. The van der Waals surface area contributed by atoms with Gasteiger partial charge in [-0.15, -0.1) is 0 Å². The van der Waals surface area contributed by atoms with Crippen LogP contribution in [-0.2, 0) is 9.53 Å². The van der Waals surface area contributed by atoms with E-state index in [-0.39, 0.29) is 12.0 Å². The van der Waals surface area contributed by atoms with E-state index >= 15 is 0 Å². The molecule has 1 saturated heterocycles. The topological polar surface area (TPSA) is 66.8 Å². The van der Waals surface area contributed by atoms with Crippen molar-refractivity contribution in [3.8, 4) is 11.1 Å². The summed E-state index contributed by atoms with van der Waals surface area (Å²) in [5.74, 6) is -0.697. The lowest BCUT2D eigenvalue weighted by atomic mass is 9.74. The summed E-state index contributed by atoms with van der Waals surface area (Å²) in [6.07, 6.45) is 3.20. The average molecular weight is 408 g/mol. The molecule has 2 aliphatic rings. The van der Waals surface area contributed by atoms with Gasteiger partial charge in [-0.05, 0) is 41.5 Å². The first-order chi connectivity index (χ1) is 14.6. The maximum absolute atomic E-state index is 12.7. The zero-order chi connectivity index (χ0) is 21.1. The van der Waals surface area contributed by atoms with Gasteiger partial charge in [0.1, 0.15) is 6.61 Å². The first-order valence-corrected chi connectivity index (χ1v) is 10.9. The van der Waals surface area contributed by atoms with Gasteiger partial charge in [0, 0.05) is 19.0 Å². The predicted molar refractivity (Wildman–Crippen MR) is 115 cm³/mol. The third-order valence-electron chi connectivity index (χ3n) is 6.78. The number of nitrogens with zero attached hydrogens (tertiary/aromatic N) is 1. The number of hydrogen-bond donors (Lipinski definition) is 1. The highest BCUT2D eigenvalue weighted by molar-refractivity contribution is 5.79. The number of fused-ring (bicyclic) bond motifs is 3. The fourth-order valence-corrected chi connectivity index (χ4v) is 4.89. The molecule has 1 aliphatic carbocycles. The number of unbranched alkanes of at least 4 members (excludes halogenated alkanes) is 1. The van der Waals surface area contributed by atoms with Crippen LogP contribution in [0.15, 0.2) is 48.5 Å². The van der Waals surface area contributed by atoms with Crippen molar-refractivity contribution in [3.63, 3.8) is 0 Å². The number of amides is 1. The highest BCUT2D eigenvalue weighted by atomic mass is 16.6. The number of carbonyl (C=O) groups is 2. The quantitative estimate of drug-likeness (QED) is 0.706. The maximum Gasteiger partial charge on any atom is 0.409 e. The molecule has 0 atom stereocenters. The lowest BCUT2D eigenvalue weighted by Gasteiger charge is -2.38. The molecule has 0 unspecified atom stereocenters. The second kappa shape index (κ2) is 8.50. The van der Waals surface area contributed by atoms with Gasteiger partial charge in [-0.1, -0.05) is 68.3 Å². The van der Waals surface area contributed by atoms with E-state index in [1.807, 2.05) is 24.3 Å². The Bertz CT molecular complexity index is 885. The van der Waals surface area contributed by atoms with Crippen LogP contribution in [-0.4, -0.2) is 41.8 Å². The van der Waals surface area contributed by atoms with Gasteiger partial charge in [-0.3, -0.25) is 4.79 Å². The summed E-state index contributed by atoms with van der Waals surface area (Å²) >= 11 is 0. The number of carboxylic acids is 1. The van der Waals surface area contributed by atoms with E-state index in [4.69, 9.17) is 4.74 Å². The lowest BCUT2D eigenvalue weighted by Crippen LogP contribution is -2.46. The zero-order valence-corrected chi connectivity index (χ0v) is 17.5. The third-order valence-corrected chi connectivity index (χ3v) is 6.78. The monoisotopic (exact) mass is 407 g/mol. The van der Waals surface area contributed by atoms with Crippen LogP contribution >= 0.6 is 0 Å². The molecular formula is C25H29NO4. The largest absolute Gasteiger partial charge is 0.481 e. The predicted octanol–water partition coefficient (Wildman–Crippen LogP) is 5.29. The van der Waals surface area contributed by atoms with Crippen molar-refractivity contribution in [2.24, 2.45) is 5.41 Å². The summed E-state index contributed by atoms with van der Waals surface area (Å²) in [7, 11) is 0. The van der Waals surface area contributed by atoms with Crippen molar-refractivity contribution < 1.29 is 19.4 Å². The SMILES string of the molecule is CCCCC1(C(=O)O)CCN(C(=O)OCC2c3ccccc3-c3ccccc32)CC1. The molecule has 158 valence electrons. The van der Waals surface area contributed by atoms with Crippen LogP contribution in [0.4, 0.5) is 4.79 Å². The van der Waals surface area contributed by atoms with Crippen LogP contribution in [0.25, 0.3) is 11.1 Å². The van der Waals surface area contributed by atoms with E-state index in [2.05, 4.69) is 31.2 Å². The summed E-state index contributed by atoms with van der Waals surface area (Å²) in [6.45, 7) is 3.24. The average Bonchev–Trinajstić information content (AvgIpc) is 3.10. The molecule has 1 N–H and O–H groups in total. The molecule has 4 rings (SSSR count). The number of carbonyl (C=O) groups excluding carboxylic acids is 1. The van der Waals surface area contributed by atoms with Crippen LogP contribution in [0.3, 0.4) is 0 Å². The summed E-state index contributed by atoms with van der Waals surface area (Å²) in [4.78, 5) is 26.3. The summed E-state index contributed by atoms with van der Waals surface area (Å²) in [6, 6.07) is 16.5. The number of rotatable bonds is 6. The van der Waals surface area contributed by atoms with Crippen molar-refractivity contribution in [1.29, 1.82) is 0 Å². The molecule has 1 aliphatic heterocycles. The minimum atomic E-state index is -0.733. The Morgan fingerprint density at radius 1 is 1.03 bits per heavy atom. The Morgan fingerprint density at radius 2 is 1.60 bits per heavy atom. The van der Waals surface area contributed by atoms with Crippen LogP contribution in [0.2, 0.25) is 0 Å². The van der Waals surface area contributed by atoms with E-state index in [1.54, 1.807) is 4.90 Å². The summed E-state index contributed by atoms with van der Waals surface area (Å²) in [5.41, 5.74) is 4.09. The number of ether oxygens (including phenoxy) is 1. The Kier molecular flexibility index (Phi) is 5.80. The number of hydrogen-bond acceptors (Lipinski definition) is 3. The lowest BCUT2D eigenvalue weighted by molar-refractivity contribution is -0.152. The Hall–Kier alpha value is -2.82.